The topological polar surface area (TPSA) is 41.1 Å². The van der Waals surface area contributed by atoms with E-state index >= 15 is 0 Å². The Kier molecular flexibility index (Phi) is 7.47. The Morgan fingerprint density at radius 2 is 0.786 bits per heavy atom. The van der Waals surface area contributed by atoms with Crippen LogP contribution < -0.4 is 0 Å². The van der Waals surface area contributed by atoms with Gasteiger partial charge in [-0.2, -0.15) is 0 Å². The lowest BCUT2D eigenvalue weighted by Crippen LogP contribution is -2.02. The second kappa shape index (κ2) is 13.8. The molecule has 0 bridgehead atoms. The van der Waals surface area contributed by atoms with Gasteiger partial charge in [-0.25, -0.2) is 0 Å². The molecule has 327 valence electrons. The number of aromatic nitrogens is 3. The van der Waals surface area contributed by atoms with Crippen LogP contribution in [0.1, 0.15) is 25.0 Å². The van der Waals surface area contributed by atoms with E-state index in [1.807, 2.05) is 26.0 Å². The summed E-state index contributed by atoms with van der Waals surface area (Å²) in [6, 6.07) is 73.0. The van der Waals surface area contributed by atoms with Crippen LogP contribution in [0.3, 0.4) is 0 Å². The molecule has 0 spiro atoms. The summed E-state index contributed by atoms with van der Waals surface area (Å²) in [5, 5.41) is 11.6. The van der Waals surface area contributed by atoms with Crippen LogP contribution in [-0.4, -0.2) is 13.7 Å². The lowest BCUT2D eigenvalue weighted by molar-refractivity contribution is 0.672. The van der Waals surface area contributed by atoms with Gasteiger partial charge in [0.1, 0.15) is 22.3 Å². The summed E-state index contributed by atoms with van der Waals surface area (Å²) >= 11 is 0. The number of nitrogens with zero attached hydrogens (tertiary/aromatic N) is 3. The summed E-state index contributed by atoms with van der Waals surface area (Å²) in [6.45, 7) is 4.00. The minimum absolute atomic E-state index is 0.907. The van der Waals surface area contributed by atoms with Gasteiger partial charge in [0.05, 0.1) is 49.8 Å². The number of para-hydroxylation sites is 5. The molecule has 0 unspecified atom stereocenters. The van der Waals surface area contributed by atoms with E-state index in [4.69, 9.17) is 8.83 Å². The van der Waals surface area contributed by atoms with Gasteiger partial charge < -0.3 is 22.5 Å². The molecule has 10 aromatic carbocycles. The van der Waals surface area contributed by atoms with Crippen molar-refractivity contribution in [3.63, 3.8) is 0 Å². The zero-order valence-electron chi connectivity index (χ0n) is 38.3. The number of rotatable bonds is 3. The third kappa shape index (κ3) is 4.90. The molecular formula is C65H40N3O2. The quantitative estimate of drug-likeness (QED) is 0.177. The first-order chi connectivity index (χ1) is 34.7. The summed E-state index contributed by atoms with van der Waals surface area (Å²) in [4.78, 5) is 0. The van der Waals surface area contributed by atoms with E-state index in [0.717, 1.165) is 93.8 Å². The average Bonchev–Trinajstić information content (AvgIpc) is 3.67. The molecule has 2 aliphatic rings. The van der Waals surface area contributed by atoms with Gasteiger partial charge >= 0.3 is 0 Å². The van der Waals surface area contributed by atoms with Crippen LogP contribution >= 0.6 is 0 Å². The zero-order chi connectivity index (χ0) is 45.9. The first kappa shape index (κ1) is 38.0. The van der Waals surface area contributed by atoms with Crippen LogP contribution in [0.15, 0.2) is 215 Å². The molecule has 1 radical (unpaired) electrons. The fourth-order valence-corrected chi connectivity index (χ4v) is 12.2. The Morgan fingerprint density at radius 1 is 0.300 bits per heavy atom. The Bertz CT molecular complexity index is 4800. The Balaban J connectivity index is 0.00000210. The number of allylic oxidation sites excluding steroid dienone is 2. The standard InChI is InChI=1S/C63H34N3O2.C2H6/c1-2-12-35(13-3-1)64-54-27-23-37(66-53-19-9-5-17-44(53)61-56(66)29-26-42-40-15-7-11-21-59(40)68-63(42)61)31-50(54)51-33-48-45-30-36(22-24-38(45)46-32-47(46)49(48)34-57(51)64)65-52-18-8-4-16-43(52)60-55(65)28-25-41-39-14-6-10-20-58(39)67-62(41)60;1-2/h1-34H;1-2H3. The van der Waals surface area contributed by atoms with Crippen molar-refractivity contribution in [3.8, 4) is 28.2 Å². The molecule has 0 fully saturated rings. The predicted molar refractivity (Wildman–Crippen MR) is 291 cm³/mol. The van der Waals surface area contributed by atoms with E-state index in [0.29, 0.717) is 0 Å². The van der Waals surface area contributed by atoms with Gasteiger partial charge in [0.25, 0.3) is 0 Å². The summed E-state index contributed by atoms with van der Waals surface area (Å²) in [6.07, 6.45) is 2.36. The second-order valence-electron chi connectivity index (χ2n) is 18.6. The van der Waals surface area contributed by atoms with E-state index in [9.17, 15) is 0 Å². The third-order valence-electron chi connectivity index (χ3n) is 15.1. The van der Waals surface area contributed by atoms with E-state index in [2.05, 4.69) is 208 Å². The molecule has 70 heavy (non-hydrogen) atoms. The molecule has 0 atom stereocenters. The highest BCUT2D eigenvalue weighted by molar-refractivity contribution is 6.26. The molecule has 5 heterocycles. The number of fused-ring (bicyclic) bond motifs is 23. The summed E-state index contributed by atoms with van der Waals surface area (Å²) < 4.78 is 20.6. The fraction of sp³-hybridized carbons (Fsp3) is 0.0308. The van der Waals surface area contributed by atoms with Gasteiger partial charge in [0, 0.05) is 60.2 Å². The maximum absolute atomic E-state index is 6.67. The zero-order valence-corrected chi connectivity index (χ0v) is 38.3. The molecule has 5 aromatic heterocycles. The molecule has 0 N–H and O–H groups in total. The SMILES string of the molecule is C1=C2[C]1c1cc3c(cc1-c1cc(-n4c5ccccc5c5c6oc7ccccc7c6ccc54)ccc12)c1cc(-n2c4ccccc4c4c5oc6ccccc6c5ccc42)ccc1n3-c1ccccc1.CC. The van der Waals surface area contributed by atoms with E-state index in [-0.39, 0.29) is 0 Å². The minimum Gasteiger partial charge on any atom is -0.455 e. The first-order valence-corrected chi connectivity index (χ1v) is 24.3. The molecule has 17 rings (SSSR count). The molecule has 5 heteroatoms. The lowest BCUT2D eigenvalue weighted by atomic mass is 9.84. The van der Waals surface area contributed by atoms with Crippen molar-refractivity contribution >= 4 is 115 Å². The highest BCUT2D eigenvalue weighted by Gasteiger charge is 2.38. The van der Waals surface area contributed by atoms with Crippen LogP contribution in [0, 0.1) is 5.92 Å². The average molecular weight is 895 g/mol. The third-order valence-corrected chi connectivity index (χ3v) is 15.1. The Hall–Kier alpha value is -9.06. The van der Waals surface area contributed by atoms with Crippen molar-refractivity contribution in [2.24, 2.45) is 0 Å². The highest BCUT2D eigenvalue weighted by atomic mass is 16.3. The van der Waals surface area contributed by atoms with Crippen molar-refractivity contribution in [1.29, 1.82) is 0 Å². The molecule has 5 nitrogen and oxygen atoms in total. The van der Waals surface area contributed by atoms with Crippen molar-refractivity contribution in [2.75, 3.05) is 0 Å². The molecule has 0 saturated heterocycles. The van der Waals surface area contributed by atoms with Crippen molar-refractivity contribution in [2.45, 2.75) is 13.8 Å². The van der Waals surface area contributed by atoms with Crippen LogP contribution in [0.4, 0.5) is 0 Å². The van der Waals surface area contributed by atoms with E-state index in [1.165, 1.54) is 66.3 Å². The van der Waals surface area contributed by atoms with E-state index in [1.54, 1.807) is 0 Å². The van der Waals surface area contributed by atoms with Crippen LogP contribution in [0.2, 0.25) is 0 Å². The lowest BCUT2D eigenvalue weighted by Gasteiger charge is -2.21. The number of furan rings is 2. The fourth-order valence-electron chi connectivity index (χ4n) is 12.2. The van der Waals surface area contributed by atoms with E-state index < -0.39 is 0 Å². The van der Waals surface area contributed by atoms with Crippen molar-refractivity contribution in [1.82, 2.24) is 13.7 Å². The monoisotopic (exact) mass is 894 g/mol. The van der Waals surface area contributed by atoms with Crippen LogP contribution in [0.5, 0.6) is 0 Å². The van der Waals surface area contributed by atoms with Crippen molar-refractivity contribution < 1.29 is 8.83 Å². The molecular weight excluding hydrogens is 855 g/mol. The second-order valence-corrected chi connectivity index (χ2v) is 18.6. The van der Waals surface area contributed by atoms with Gasteiger partial charge in [0.2, 0.25) is 0 Å². The van der Waals surface area contributed by atoms with Gasteiger partial charge in [-0.3, -0.25) is 0 Å². The molecule has 15 aromatic rings. The summed E-state index contributed by atoms with van der Waals surface area (Å²) in [5.74, 6) is 1.33. The predicted octanol–water partition coefficient (Wildman–Crippen LogP) is 17.8. The Labute approximate surface area is 400 Å². The molecule has 0 aliphatic heterocycles. The number of hydrogen-bond acceptors (Lipinski definition) is 2. The van der Waals surface area contributed by atoms with Gasteiger partial charge in [-0.15, -0.1) is 0 Å². The Morgan fingerprint density at radius 3 is 1.43 bits per heavy atom. The normalized spacial score (nSPS) is 13.3. The summed E-state index contributed by atoms with van der Waals surface area (Å²) in [5.41, 5.74) is 20.4. The highest BCUT2D eigenvalue weighted by Crippen LogP contribution is 2.57. The first-order valence-electron chi connectivity index (χ1n) is 24.3. The molecule has 2 aliphatic carbocycles. The maximum Gasteiger partial charge on any atom is 0.145 e. The smallest absolute Gasteiger partial charge is 0.145 e. The van der Waals surface area contributed by atoms with Crippen molar-refractivity contribution in [3.05, 3.63) is 223 Å². The van der Waals surface area contributed by atoms with Crippen LogP contribution in [-0.2, 0) is 0 Å². The van der Waals surface area contributed by atoms with Gasteiger partial charge in [-0.1, -0.05) is 117 Å². The molecule has 0 saturated carbocycles. The number of benzene rings is 10. The number of hydrogen-bond donors (Lipinski definition) is 0. The maximum atomic E-state index is 6.67. The largest absolute Gasteiger partial charge is 0.455 e. The van der Waals surface area contributed by atoms with Gasteiger partial charge in [-0.05, 0) is 131 Å². The minimum atomic E-state index is 0.907. The summed E-state index contributed by atoms with van der Waals surface area (Å²) in [7, 11) is 0. The molecule has 0 amide bonds. The van der Waals surface area contributed by atoms with Crippen LogP contribution in [0.25, 0.3) is 143 Å². The van der Waals surface area contributed by atoms with Gasteiger partial charge in [0.15, 0.2) is 0 Å².